The van der Waals surface area contributed by atoms with Crippen molar-refractivity contribution in [3.63, 3.8) is 0 Å². The van der Waals surface area contributed by atoms with E-state index in [9.17, 15) is 4.79 Å². The van der Waals surface area contributed by atoms with Gasteiger partial charge in [-0.3, -0.25) is 5.43 Å². The average molecular weight is 309 g/mol. The number of methoxy groups -OCH3 is 2. The molecular formula is C14H19N3O3S. The zero-order chi connectivity index (χ0) is 15.7. The number of ether oxygens (including phenoxy) is 2. The van der Waals surface area contributed by atoms with Crippen LogP contribution < -0.4 is 10.7 Å². The Kier molecular flexibility index (Phi) is 7.34. The number of rotatable bonds is 6. The molecule has 0 unspecified atom stereocenters. The second-order valence-electron chi connectivity index (χ2n) is 4.31. The Morgan fingerprint density at radius 1 is 1.38 bits per heavy atom. The van der Waals surface area contributed by atoms with Crippen LogP contribution in [0, 0.1) is 0 Å². The Morgan fingerprint density at radius 2 is 2.05 bits per heavy atom. The summed E-state index contributed by atoms with van der Waals surface area (Å²) in [5.74, 6) is -0.367. The van der Waals surface area contributed by atoms with Gasteiger partial charge in [0.15, 0.2) is 5.11 Å². The number of nitrogens with zero attached hydrogens (tertiary/aromatic N) is 1. The van der Waals surface area contributed by atoms with Gasteiger partial charge in [0.2, 0.25) is 0 Å². The second kappa shape index (κ2) is 9.04. The first-order valence-electron chi connectivity index (χ1n) is 6.33. The number of thiocarbonyl (C=S) groups is 1. The Labute approximate surface area is 129 Å². The smallest absolute Gasteiger partial charge is 0.337 e. The van der Waals surface area contributed by atoms with E-state index < -0.39 is 0 Å². The molecule has 0 amide bonds. The summed E-state index contributed by atoms with van der Waals surface area (Å²) in [6, 6.07) is 6.97. The SMILES string of the molecule is COC[C@@H](C)NC(=S)N/N=C\c1ccc(C(=O)OC)cc1. The molecule has 2 N–H and O–H groups in total. The van der Waals surface area contributed by atoms with Crippen molar-refractivity contribution < 1.29 is 14.3 Å². The van der Waals surface area contributed by atoms with Crippen molar-refractivity contribution in [3.05, 3.63) is 35.4 Å². The van der Waals surface area contributed by atoms with Crippen LogP contribution in [0.4, 0.5) is 0 Å². The van der Waals surface area contributed by atoms with Gasteiger partial charge in [0.25, 0.3) is 0 Å². The molecule has 0 bridgehead atoms. The second-order valence-corrected chi connectivity index (χ2v) is 4.72. The Hall–Kier alpha value is -1.99. The number of esters is 1. The summed E-state index contributed by atoms with van der Waals surface area (Å²) < 4.78 is 9.62. The summed E-state index contributed by atoms with van der Waals surface area (Å²) in [5, 5.41) is 7.45. The standard InChI is InChI=1S/C14H19N3O3S/c1-10(9-19-2)16-14(21)17-15-8-11-4-6-12(7-5-11)13(18)20-3/h4-8,10H,9H2,1-3H3,(H2,16,17,21)/b15-8-/t10-/m1/s1. The number of benzene rings is 1. The van der Waals surface area contributed by atoms with Gasteiger partial charge in [-0.15, -0.1) is 0 Å². The van der Waals surface area contributed by atoms with Crippen LogP contribution in [0.25, 0.3) is 0 Å². The average Bonchev–Trinajstić information content (AvgIpc) is 2.47. The van der Waals surface area contributed by atoms with Crippen molar-refractivity contribution in [1.82, 2.24) is 10.7 Å². The van der Waals surface area contributed by atoms with E-state index in [1.165, 1.54) is 7.11 Å². The fourth-order valence-corrected chi connectivity index (χ4v) is 1.79. The minimum atomic E-state index is -0.367. The molecule has 0 radical (unpaired) electrons. The minimum absolute atomic E-state index is 0.101. The van der Waals surface area contributed by atoms with E-state index in [1.54, 1.807) is 37.6 Å². The van der Waals surface area contributed by atoms with E-state index in [0.717, 1.165) is 5.56 Å². The van der Waals surface area contributed by atoms with Crippen LogP contribution in [-0.4, -0.2) is 44.2 Å². The lowest BCUT2D eigenvalue weighted by Gasteiger charge is -2.13. The van der Waals surface area contributed by atoms with Gasteiger partial charge < -0.3 is 14.8 Å². The molecule has 0 saturated heterocycles. The summed E-state index contributed by atoms with van der Waals surface area (Å²) in [6.45, 7) is 2.51. The van der Waals surface area contributed by atoms with Crippen LogP contribution in [0.3, 0.4) is 0 Å². The molecule has 1 aromatic carbocycles. The molecule has 1 aromatic rings. The van der Waals surface area contributed by atoms with Crippen LogP contribution in [0.5, 0.6) is 0 Å². The van der Waals surface area contributed by atoms with Crippen LogP contribution in [-0.2, 0) is 9.47 Å². The molecule has 1 rings (SSSR count). The molecule has 0 heterocycles. The van der Waals surface area contributed by atoms with Crippen LogP contribution in [0.15, 0.2) is 29.4 Å². The van der Waals surface area contributed by atoms with Gasteiger partial charge in [0, 0.05) is 13.2 Å². The Bertz CT molecular complexity index is 503. The largest absolute Gasteiger partial charge is 0.465 e. The molecule has 0 aliphatic carbocycles. The van der Waals surface area contributed by atoms with Crippen LogP contribution in [0.1, 0.15) is 22.8 Å². The third-order valence-corrected chi connectivity index (χ3v) is 2.71. The molecule has 0 aliphatic heterocycles. The van der Waals surface area contributed by atoms with Gasteiger partial charge in [-0.25, -0.2) is 4.79 Å². The van der Waals surface area contributed by atoms with Gasteiger partial charge in [-0.05, 0) is 36.8 Å². The first-order chi connectivity index (χ1) is 10.1. The first kappa shape index (κ1) is 17.1. The maximum absolute atomic E-state index is 11.3. The molecule has 6 nitrogen and oxygen atoms in total. The van der Waals surface area contributed by atoms with Gasteiger partial charge in [-0.1, -0.05) is 12.1 Å². The molecule has 0 saturated carbocycles. The topological polar surface area (TPSA) is 72.0 Å². The fourth-order valence-electron chi connectivity index (χ4n) is 1.54. The van der Waals surface area contributed by atoms with Gasteiger partial charge in [0.1, 0.15) is 0 Å². The predicted octanol–water partition coefficient (Wildman–Crippen LogP) is 1.31. The highest BCUT2D eigenvalue weighted by molar-refractivity contribution is 7.80. The van der Waals surface area contributed by atoms with E-state index in [1.807, 2.05) is 6.92 Å². The van der Waals surface area contributed by atoms with Crippen LogP contribution in [0.2, 0.25) is 0 Å². The number of nitrogens with one attached hydrogen (secondary N) is 2. The highest BCUT2D eigenvalue weighted by Gasteiger charge is 2.04. The van der Waals surface area contributed by atoms with Gasteiger partial charge in [0.05, 0.1) is 25.5 Å². The normalized spacial score (nSPS) is 12.0. The molecule has 114 valence electrons. The zero-order valence-electron chi connectivity index (χ0n) is 12.3. The molecule has 0 fully saturated rings. The fraction of sp³-hybridized carbons (Fsp3) is 0.357. The van der Waals surface area contributed by atoms with Crippen molar-refractivity contribution >= 4 is 29.5 Å². The summed E-state index contributed by atoms with van der Waals surface area (Å²) in [5.41, 5.74) is 4.04. The molecular weight excluding hydrogens is 290 g/mol. The lowest BCUT2D eigenvalue weighted by molar-refractivity contribution is 0.0600. The van der Waals surface area contributed by atoms with E-state index in [-0.39, 0.29) is 12.0 Å². The molecule has 0 spiro atoms. The Morgan fingerprint density at radius 3 is 2.62 bits per heavy atom. The van der Waals surface area contributed by atoms with Crippen molar-refractivity contribution in [3.8, 4) is 0 Å². The third-order valence-electron chi connectivity index (χ3n) is 2.51. The van der Waals surface area contributed by atoms with E-state index in [2.05, 4.69) is 20.6 Å². The molecule has 1 atom stereocenters. The quantitative estimate of drug-likeness (QED) is 0.357. The summed E-state index contributed by atoms with van der Waals surface area (Å²) in [6.07, 6.45) is 1.61. The van der Waals surface area contributed by atoms with E-state index >= 15 is 0 Å². The Balaban J connectivity index is 2.46. The lowest BCUT2D eigenvalue weighted by Crippen LogP contribution is -2.40. The summed E-state index contributed by atoms with van der Waals surface area (Å²) in [4.78, 5) is 11.3. The lowest BCUT2D eigenvalue weighted by atomic mass is 10.1. The number of carbonyl (C=O) groups excluding carboxylic acids is 1. The number of hydrogen-bond donors (Lipinski definition) is 2. The third kappa shape index (κ3) is 6.33. The highest BCUT2D eigenvalue weighted by atomic mass is 32.1. The molecule has 0 aliphatic rings. The number of hydrazone groups is 1. The molecule has 7 heteroatoms. The monoisotopic (exact) mass is 309 g/mol. The van der Waals surface area contributed by atoms with Crippen molar-refractivity contribution in [2.45, 2.75) is 13.0 Å². The van der Waals surface area contributed by atoms with Gasteiger partial charge >= 0.3 is 5.97 Å². The first-order valence-corrected chi connectivity index (χ1v) is 6.74. The van der Waals surface area contributed by atoms with Crippen molar-refractivity contribution in [2.75, 3.05) is 20.8 Å². The maximum atomic E-state index is 11.3. The maximum Gasteiger partial charge on any atom is 0.337 e. The highest BCUT2D eigenvalue weighted by Crippen LogP contribution is 2.03. The number of hydrogen-bond acceptors (Lipinski definition) is 5. The van der Waals surface area contributed by atoms with E-state index in [0.29, 0.717) is 17.3 Å². The van der Waals surface area contributed by atoms with Crippen LogP contribution >= 0.6 is 12.2 Å². The van der Waals surface area contributed by atoms with E-state index in [4.69, 9.17) is 17.0 Å². The minimum Gasteiger partial charge on any atom is -0.465 e. The number of carbonyl (C=O) groups is 1. The van der Waals surface area contributed by atoms with Gasteiger partial charge in [-0.2, -0.15) is 5.10 Å². The summed E-state index contributed by atoms with van der Waals surface area (Å²) in [7, 11) is 2.98. The van der Waals surface area contributed by atoms with Crippen molar-refractivity contribution in [2.24, 2.45) is 5.10 Å². The molecule has 0 aromatic heterocycles. The van der Waals surface area contributed by atoms with Crippen molar-refractivity contribution in [1.29, 1.82) is 0 Å². The summed E-state index contributed by atoms with van der Waals surface area (Å²) >= 11 is 5.08. The zero-order valence-corrected chi connectivity index (χ0v) is 13.1. The predicted molar refractivity (Wildman–Crippen MR) is 85.6 cm³/mol. The molecule has 21 heavy (non-hydrogen) atoms.